The van der Waals surface area contributed by atoms with Gasteiger partial charge in [0.15, 0.2) is 5.78 Å². The fourth-order valence-electron chi connectivity index (χ4n) is 2.66. The number of hydrogen-bond acceptors (Lipinski definition) is 2. The number of carbonyl (C=O) groups is 1. The molecule has 0 aromatic carbocycles. The molecule has 2 heteroatoms. The van der Waals surface area contributed by atoms with Crippen molar-refractivity contribution in [3.8, 4) is 0 Å². The molecule has 1 fully saturated rings. The first kappa shape index (κ1) is 13.7. The quantitative estimate of drug-likeness (QED) is 0.737. The fourth-order valence-corrected chi connectivity index (χ4v) is 2.66. The highest BCUT2D eigenvalue weighted by Crippen LogP contribution is 2.33. The molecule has 0 amide bonds. The van der Waals surface area contributed by atoms with Crippen LogP contribution < -0.4 is 0 Å². The number of ether oxygens (including phenoxy) is 1. The van der Waals surface area contributed by atoms with Crippen molar-refractivity contribution in [1.29, 1.82) is 0 Å². The Bertz CT molecular complexity index is 232. The molecule has 1 unspecified atom stereocenters. The fraction of sp³-hybridized carbons (Fsp3) is 0.929. The van der Waals surface area contributed by atoms with Crippen LogP contribution in [0.15, 0.2) is 0 Å². The molecule has 0 bridgehead atoms. The molecular weight excluding hydrogens is 200 g/mol. The normalized spacial score (nSPS) is 28.8. The first-order valence-electron chi connectivity index (χ1n) is 6.42. The Morgan fingerprint density at radius 2 is 1.69 bits per heavy atom. The van der Waals surface area contributed by atoms with Gasteiger partial charge < -0.3 is 4.74 Å². The molecule has 0 aromatic heterocycles. The minimum Gasteiger partial charge on any atom is -0.373 e. The number of carbonyl (C=O) groups excluding carboxylic acids is 1. The maximum Gasteiger partial charge on any atom is 0.165 e. The maximum absolute atomic E-state index is 12.4. The van der Waals surface area contributed by atoms with Crippen LogP contribution in [0.3, 0.4) is 0 Å². The minimum absolute atomic E-state index is 0.0884. The highest BCUT2D eigenvalue weighted by molar-refractivity contribution is 5.86. The molecule has 0 spiro atoms. The minimum atomic E-state index is -0.245. The predicted molar refractivity (Wildman–Crippen MR) is 66.4 cm³/mol. The van der Waals surface area contributed by atoms with E-state index in [4.69, 9.17) is 4.74 Å². The molecule has 1 aliphatic rings. The molecule has 0 radical (unpaired) electrons. The highest BCUT2D eigenvalue weighted by atomic mass is 16.5. The molecule has 16 heavy (non-hydrogen) atoms. The van der Waals surface area contributed by atoms with Crippen molar-refractivity contribution < 1.29 is 9.53 Å². The lowest BCUT2D eigenvalue weighted by Crippen LogP contribution is -2.40. The number of rotatable bonds is 3. The van der Waals surface area contributed by atoms with Gasteiger partial charge in [0.2, 0.25) is 0 Å². The Kier molecular flexibility index (Phi) is 4.54. The molecule has 0 heterocycles. The van der Waals surface area contributed by atoms with Crippen LogP contribution in [0, 0.1) is 17.3 Å². The SMILES string of the molecule is COC(C(=O)C1CCC(C)CC1)C(C)(C)C. The van der Waals surface area contributed by atoms with E-state index in [1.807, 2.05) is 0 Å². The molecule has 0 aliphatic heterocycles. The zero-order valence-corrected chi connectivity index (χ0v) is 11.4. The number of methoxy groups -OCH3 is 1. The van der Waals surface area contributed by atoms with Crippen molar-refractivity contribution in [2.45, 2.75) is 59.5 Å². The van der Waals surface area contributed by atoms with E-state index >= 15 is 0 Å². The Balaban J connectivity index is 2.62. The van der Waals surface area contributed by atoms with E-state index in [1.165, 1.54) is 12.8 Å². The van der Waals surface area contributed by atoms with Gasteiger partial charge in [-0.05, 0) is 24.2 Å². The van der Waals surface area contributed by atoms with Crippen LogP contribution >= 0.6 is 0 Å². The zero-order valence-electron chi connectivity index (χ0n) is 11.4. The first-order chi connectivity index (χ1) is 7.36. The lowest BCUT2D eigenvalue weighted by atomic mass is 9.75. The average molecular weight is 226 g/mol. The molecule has 1 rings (SSSR count). The smallest absolute Gasteiger partial charge is 0.165 e. The van der Waals surface area contributed by atoms with Gasteiger partial charge in [-0.3, -0.25) is 4.79 Å². The van der Waals surface area contributed by atoms with Crippen LogP contribution in [0.5, 0.6) is 0 Å². The first-order valence-corrected chi connectivity index (χ1v) is 6.42. The summed E-state index contributed by atoms with van der Waals surface area (Å²) in [6.07, 6.45) is 4.24. The van der Waals surface area contributed by atoms with Gasteiger partial charge in [-0.1, -0.05) is 40.5 Å². The van der Waals surface area contributed by atoms with E-state index in [0.717, 1.165) is 18.8 Å². The molecule has 1 aliphatic carbocycles. The molecular formula is C14H26O2. The Morgan fingerprint density at radius 3 is 2.06 bits per heavy atom. The molecule has 0 saturated heterocycles. The maximum atomic E-state index is 12.4. The molecule has 2 nitrogen and oxygen atoms in total. The Labute approximate surface area is 99.8 Å². The lowest BCUT2D eigenvalue weighted by Gasteiger charge is -2.33. The van der Waals surface area contributed by atoms with Crippen molar-refractivity contribution >= 4 is 5.78 Å². The number of Topliss-reactive ketones (excluding diaryl/α,β-unsaturated/α-hetero) is 1. The van der Waals surface area contributed by atoms with E-state index in [0.29, 0.717) is 5.78 Å². The summed E-state index contributed by atoms with van der Waals surface area (Å²) in [5.74, 6) is 1.35. The second-order valence-corrected chi connectivity index (χ2v) is 6.34. The van der Waals surface area contributed by atoms with Gasteiger partial charge in [0.1, 0.15) is 6.10 Å². The van der Waals surface area contributed by atoms with Gasteiger partial charge in [0, 0.05) is 13.0 Å². The summed E-state index contributed by atoms with van der Waals surface area (Å²) in [6, 6.07) is 0. The topological polar surface area (TPSA) is 26.3 Å². The van der Waals surface area contributed by atoms with Crippen molar-refractivity contribution in [2.75, 3.05) is 7.11 Å². The van der Waals surface area contributed by atoms with Crippen LogP contribution in [0.25, 0.3) is 0 Å². The van der Waals surface area contributed by atoms with Crippen molar-refractivity contribution in [3.05, 3.63) is 0 Å². The summed E-state index contributed by atoms with van der Waals surface area (Å²) in [7, 11) is 1.65. The van der Waals surface area contributed by atoms with Gasteiger partial charge in [-0.15, -0.1) is 0 Å². The van der Waals surface area contributed by atoms with Gasteiger partial charge in [-0.2, -0.15) is 0 Å². The third kappa shape index (κ3) is 3.31. The second-order valence-electron chi connectivity index (χ2n) is 6.34. The molecule has 1 atom stereocenters. The summed E-state index contributed by atoms with van der Waals surface area (Å²) in [4.78, 5) is 12.4. The molecule has 0 aromatic rings. The summed E-state index contributed by atoms with van der Waals surface area (Å²) < 4.78 is 5.41. The van der Waals surface area contributed by atoms with Gasteiger partial charge >= 0.3 is 0 Å². The second kappa shape index (κ2) is 5.31. The van der Waals surface area contributed by atoms with E-state index in [1.54, 1.807) is 7.11 Å². The predicted octanol–water partition coefficient (Wildman–Crippen LogP) is 3.44. The van der Waals surface area contributed by atoms with Crippen molar-refractivity contribution in [1.82, 2.24) is 0 Å². The number of ketones is 1. The molecule has 0 N–H and O–H groups in total. The van der Waals surface area contributed by atoms with Gasteiger partial charge in [-0.25, -0.2) is 0 Å². The van der Waals surface area contributed by atoms with Crippen LogP contribution in [0.1, 0.15) is 53.4 Å². The molecule has 1 saturated carbocycles. The monoisotopic (exact) mass is 226 g/mol. The molecule has 94 valence electrons. The van der Waals surface area contributed by atoms with Gasteiger partial charge in [0.05, 0.1) is 0 Å². The third-order valence-electron chi connectivity index (χ3n) is 3.70. The van der Waals surface area contributed by atoms with Crippen LogP contribution in [-0.2, 0) is 9.53 Å². The Morgan fingerprint density at radius 1 is 1.19 bits per heavy atom. The standard InChI is InChI=1S/C14H26O2/c1-10-6-8-11(9-7-10)12(15)13(16-5)14(2,3)4/h10-11,13H,6-9H2,1-5H3. The summed E-state index contributed by atoms with van der Waals surface area (Å²) in [6.45, 7) is 8.50. The van der Waals surface area contributed by atoms with Crippen molar-refractivity contribution in [3.63, 3.8) is 0 Å². The van der Waals surface area contributed by atoms with E-state index in [-0.39, 0.29) is 17.4 Å². The van der Waals surface area contributed by atoms with Gasteiger partial charge in [0.25, 0.3) is 0 Å². The van der Waals surface area contributed by atoms with Crippen molar-refractivity contribution in [2.24, 2.45) is 17.3 Å². The van der Waals surface area contributed by atoms with E-state index in [9.17, 15) is 4.79 Å². The lowest BCUT2D eigenvalue weighted by molar-refractivity contribution is -0.140. The average Bonchev–Trinajstić information content (AvgIpc) is 2.17. The van der Waals surface area contributed by atoms with E-state index in [2.05, 4.69) is 27.7 Å². The largest absolute Gasteiger partial charge is 0.373 e. The number of hydrogen-bond donors (Lipinski definition) is 0. The van der Waals surface area contributed by atoms with Crippen LogP contribution in [-0.4, -0.2) is 19.0 Å². The van der Waals surface area contributed by atoms with Crippen LogP contribution in [0.2, 0.25) is 0 Å². The van der Waals surface area contributed by atoms with E-state index < -0.39 is 0 Å². The third-order valence-corrected chi connectivity index (χ3v) is 3.70. The Hall–Kier alpha value is -0.370. The highest BCUT2D eigenvalue weighted by Gasteiger charge is 2.36. The van der Waals surface area contributed by atoms with Crippen LogP contribution in [0.4, 0.5) is 0 Å². The summed E-state index contributed by atoms with van der Waals surface area (Å²) >= 11 is 0. The summed E-state index contributed by atoms with van der Waals surface area (Å²) in [5, 5.41) is 0. The summed E-state index contributed by atoms with van der Waals surface area (Å²) in [5.41, 5.74) is -0.0884. The zero-order chi connectivity index (χ0) is 12.3.